The van der Waals surface area contributed by atoms with E-state index in [2.05, 4.69) is 10.1 Å². The second kappa shape index (κ2) is 8.14. The third-order valence-corrected chi connectivity index (χ3v) is 5.00. The third-order valence-electron chi connectivity index (χ3n) is 5.00. The van der Waals surface area contributed by atoms with Gasteiger partial charge in [-0.05, 0) is 38.5 Å². The maximum Gasteiger partial charge on any atom is 0.449 e. The van der Waals surface area contributed by atoms with E-state index in [0.29, 0.717) is 10.3 Å². The van der Waals surface area contributed by atoms with Crippen molar-refractivity contribution in [3.05, 3.63) is 61.0 Å². The number of rotatable bonds is 6. The normalized spacial score (nSPS) is 12.0. The Kier molecular flexibility index (Phi) is 5.90. The summed E-state index contributed by atoms with van der Waals surface area (Å²) in [7, 11) is 1.46. The largest absolute Gasteiger partial charge is 0.449 e. The van der Waals surface area contributed by atoms with Gasteiger partial charge in [0.1, 0.15) is 5.56 Å². The van der Waals surface area contributed by atoms with E-state index in [1.165, 1.54) is 26.1 Å². The summed E-state index contributed by atoms with van der Waals surface area (Å²) in [6.07, 6.45) is -4.85. The van der Waals surface area contributed by atoms with Gasteiger partial charge in [0, 0.05) is 24.9 Å². The van der Waals surface area contributed by atoms with Gasteiger partial charge < -0.3 is 4.74 Å². The lowest BCUT2D eigenvalue weighted by molar-refractivity contribution is -0.148. The fraction of sp³-hybridized carbons (Fsp3) is 0.400. The number of aromatic amines is 1. The van der Waals surface area contributed by atoms with Crippen LogP contribution in [0.5, 0.6) is 0 Å². The fourth-order valence-electron chi connectivity index (χ4n) is 3.52. The lowest BCUT2D eigenvalue weighted by atomic mass is 9.96. The van der Waals surface area contributed by atoms with E-state index in [9.17, 15) is 27.6 Å². The van der Waals surface area contributed by atoms with Gasteiger partial charge in [0.05, 0.1) is 24.1 Å². The molecule has 0 aliphatic carbocycles. The molecule has 8 nitrogen and oxygen atoms in total. The van der Waals surface area contributed by atoms with Crippen LogP contribution in [0.1, 0.15) is 39.9 Å². The molecule has 0 aliphatic heterocycles. The predicted octanol–water partition coefficient (Wildman–Crippen LogP) is 2.33. The van der Waals surface area contributed by atoms with Crippen LogP contribution in [0.4, 0.5) is 13.2 Å². The number of ether oxygens (including phenoxy) is 1. The number of carbonyl (C=O) groups is 1. The zero-order valence-electron chi connectivity index (χ0n) is 17.4. The number of halogens is 3. The molecule has 1 aromatic carbocycles. The number of benzene rings is 1. The standard InChI is InChI=1S/C20H21F3N4O4/c1-5-31-9-8-27-18(30)14-10(2)12(6-7-13(14)24-19(27)20(21,22)23)16(28)15-11(3)25-26(4)17(15)29/h6-7,25H,5,8-9H2,1-4H3. The molecule has 0 saturated carbocycles. The first-order chi connectivity index (χ1) is 14.5. The van der Waals surface area contributed by atoms with Crippen LogP contribution < -0.4 is 11.1 Å². The highest BCUT2D eigenvalue weighted by atomic mass is 19.4. The van der Waals surface area contributed by atoms with Crippen LogP contribution in [0, 0.1) is 13.8 Å². The Balaban J connectivity index is 2.26. The summed E-state index contributed by atoms with van der Waals surface area (Å²) in [5.41, 5.74) is -1.20. The van der Waals surface area contributed by atoms with Crippen LogP contribution in [-0.4, -0.2) is 38.3 Å². The average Bonchev–Trinajstić information content (AvgIpc) is 2.93. The Morgan fingerprint density at radius 2 is 1.87 bits per heavy atom. The van der Waals surface area contributed by atoms with E-state index in [0.717, 1.165) is 4.68 Å². The number of fused-ring (bicyclic) bond motifs is 1. The zero-order valence-corrected chi connectivity index (χ0v) is 17.4. The Bertz CT molecular complexity index is 1280. The van der Waals surface area contributed by atoms with E-state index < -0.39 is 28.9 Å². The third kappa shape index (κ3) is 3.92. The number of carbonyl (C=O) groups excluding carboxylic acids is 1. The number of H-pyrrole nitrogens is 1. The molecule has 0 bridgehead atoms. The zero-order chi connectivity index (χ0) is 23.1. The SMILES string of the molecule is CCOCCn1c(C(F)(F)F)nc2ccc(C(=O)c3c(C)[nH]n(C)c3=O)c(C)c2c1=O. The van der Waals surface area contributed by atoms with E-state index in [1.807, 2.05) is 0 Å². The van der Waals surface area contributed by atoms with Crippen molar-refractivity contribution in [1.29, 1.82) is 0 Å². The Labute approximate surface area is 174 Å². The van der Waals surface area contributed by atoms with Crippen molar-refractivity contribution in [2.24, 2.45) is 7.05 Å². The molecule has 1 N–H and O–H groups in total. The molecule has 0 radical (unpaired) electrons. The Morgan fingerprint density at radius 1 is 1.19 bits per heavy atom. The first-order valence-corrected chi connectivity index (χ1v) is 9.48. The van der Waals surface area contributed by atoms with Crippen molar-refractivity contribution in [2.45, 2.75) is 33.5 Å². The minimum absolute atomic E-state index is 0.0438. The van der Waals surface area contributed by atoms with Crippen LogP contribution in [0.25, 0.3) is 10.9 Å². The van der Waals surface area contributed by atoms with Gasteiger partial charge in [0.25, 0.3) is 11.1 Å². The first-order valence-electron chi connectivity index (χ1n) is 9.48. The highest BCUT2D eigenvalue weighted by molar-refractivity contribution is 6.12. The summed E-state index contributed by atoms with van der Waals surface area (Å²) >= 11 is 0. The smallest absolute Gasteiger partial charge is 0.380 e. The van der Waals surface area contributed by atoms with Crippen LogP contribution in [0.3, 0.4) is 0 Å². The Hall–Kier alpha value is -3.21. The van der Waals surface area contributed by atoms with Gasteiger partial charge in [-0.25, -0.2) is 4.98 Å². The molecule has 0 unspecified atom stereocenters. The average molecular weight is 438 g/mol. The van der Waals surface area contributed by atoms with Gasteiger partial charge in [0.15, 0.2) is 0 Å². The van der Waals surface area contributed by atoms with Gasteiger partial charge in [-0.2, -0.15) is 13.2 Å². The number of nitrogens with zero attached hydrogens (tertiary/aromatic N) is 3. The topological polar surface area (TPSA) is 99.0 Å². The van der Waals surface area contributed by atoms with Crippen LogP contribution in [0.2, 0.25) is 0 Å². The maximum absolute atomic E-state index is 13.5. The molecule has 0 fully saturated rings. The molecule has 0 amide bonds. The van der Waals surface area contributed by atoms with Gasteiger partial charge in [-0.15, -0.1) is 0 Å². The first kappa shape index (κ1) is 22.5. The molecule has 0 aliphatic rings. The summed E-state index contributed by atoms with van der Waals surface area (Å²) in [6.45, 7) is 4.51. The number of hydrogen-bond acceptors (Lipinski definition) is 5. The molecule has 11 heteroatoms. The minimum Gasteiger partial charge on any atom is -0.380 e. The van der Waals surface area contributed by atoms with Crippen molar-refractivity contribution >= 4 is 16.7 Å². The van der Waals surface area contributed by atoms with Gasteiger partial charge in [-0.3, -0.25) is 28.7 Å². The van der Waals surface area contributed by atoms with E-state index in [1.54, 1.807) is 13.8 Å². The van der Waals surface area contributed by atoms with Crippen molar-refractivity contribution in [1.82, 2.24) is 19.3 Å². The molecule has 0 atom stereocenters. The summed E-state index contributed by atoms with van der Waals surface area (Å²) in [5.74, 6) is -1.96. The number of alkyl halides is 3. The number of nitrogens with one attached hydrogen (secondary N) is 1. The second-order valence-corrected chi connectivity index (χ2v) is 7.02. The molecule has 2 aromatic heterocycles. The highest BCUT2D eigenvalue weighted by Gasteiger charge is 2.37. The number of aromatic nitrogens is 4. The summed E-state index contributed by atoms with van der Waals surface area (Å²) < 4.78 is 47.3. The Morgan fingerprint density at radius 3 is 2.42 bits per heavy atom. The molecular weight excluding hydrogens is 417 g/mol. The quantitative estimate of drug-likeness (QED) is 0.471. The van der Waals surface area contributed by atoms with Crippen LogP contribution >= 0.6 is 0 Å². The monoisotopic (exact) mass is 438 g/mol. The van der Waals surface area contributed by atoms with Crippen molar-refractivity contribution in [3.63, 3.8) is 0 Å². The van der Waals surface area contributed by atoms with Crippen LogP contribution in [-0.2, 0) is 24.5 Å². The molecule has 3 aromatic rings. The summed E-state index contributed by atoms with van der Waals surface area (Å²) in [4.78, 5) is 42.0. The number of aryl methyl sites for hydroxylation is 3. The van der Waals surface area contributed by atoms with E-state index in [-0.39, 0.29) is 47.4 Å². The molecule has 166 valence electrons. The lowest BCUT2D eigenvalue weighted by Gasteiger charge is -2.17. The van der Waals surface area contributed by atoms with Gasteiger partial charge >= 0.3 is 6.18 Å². The number of ketones is 1. The van der Waals surface area contributed by atoms with E-state index >= 15 is 0 Å². The second-order valence-electron chi connectivity index (χ2n) is 7.02. The van der Waals surface area contributed by atoms with Crippen molar-refractivity contribution in [3.8, 4) is 0 Å². The van der Waals surface area contributed by atoms with Crippen molar-refractivity contribution < 1.29 is 22.7 Å². The lowest BCUT2D eigenvalue weighted by Crippen LogP contribution is -2.32. The van der Waals surface area contributed by atoms with Crippen molar-refractivity contribution in [2.75, 3.05) is 13.2 Å². The fourth-order valence-corrected chi connectivity index (χ4v) is 3.52. The number of hydrogen-bond donors (Lipinski definition) is 1. The van der Waals surface area contributed by atoms with E-state index in [4.69, 9.17) is 4.74 Å². The van der Waals surface area contributed by atoms with Gasteiger partial charge in [-0.1, -0.05) is 0 Å². The molecule has 31 heavy (non-hydrogen) atoms. The highest BCUT2D eigenvalue weighted by Crippen LogP contribution is 2.29. The molecular formula is C20H21F3N4O4. The molecule has 0 saturated heterocycles. The maximum atomic E-state index is 13.5. The van der Waals surface area contributed by atoms with Gasteiger partial charge in [0.2, 0.25) is 11.6 Å². The minimum atomic E-state index is -4.85. The summed E-state index contributed by atoms with van der Waals surface area (Å²) in [5, 5.41) is 2.61. The molecule has 2 heterocycles. The van der Waals surface area contributed by atoms with Crippen LogP contribution in [0.15, 0.2) is 21.7 Å². The molecule has 0 spiro atoms. The molecule has 3 rings (SSSR count). The summed E-state index contributed by atoms with van der Waals surface area (Å²) in [6, 6.07) is 2.47. The predicted molar refractivity (Wildman–Crippen MR) is 106 cm³/mol.